The van der Waals surface area contributed by atoms with E-state index in [1.54, 1.807) is 0 Å². The summed E-state index contributed by atoms with van der Waals surface area (Å²) in [5.41, 5.74) is 0. The maximum absolute atomic E-state index is 2.38. The van der Waals surface area contributed by atoms with Crippen molar-refractivity contribution < 1.29 is 0 Å². The van der Waals surface area contributed by atoms with Crippen LogP contribution in [0.3, 0.4) is 0 Å². The normalized spacial score (nSPS) is 32.3. The summed E-state index contributed by atoms with van der Waals surface area (Å²) in [6, 6.07) is 0. The molecule has 5 aliphatic rings. The van der Waals surface area contributed by atoms with Crippen LogP contribution in [0.25, 0.3) is 0 Å². The van der Waals surface area contributed by atoms with Crippen LogP contribution in [0.1, 0.15) is 228 Å². The molecule has 0 aromatic heterocycles. The Balaban J connectivity index is 0.000000339. The third kappa shape index (κ3) is 19.6. The molecule has 0 aromatic carbocycles. The SMILES string of the molecule is CC(C)C1CC(C(C)C)C1.CC(C)C1CC1C(C)C.CC(C)C1CCC(C(C)C)C1.CC(C)C1CCC(C(C)C)CC1.CC(C)C1CCCC(C(C)C)C1. The second-order valence-corrected chi connectivity index (χ2v) is 23.7. The van der Waals surface area contributed by atoms with Crippen molar-refractivity contribution in [1.82, 2.24) is 0 Å². The highest BCUT2D eigenvalue weighted by Crippen LogP contribution is 2.48. The Labute approximate surface area is 345 Å². The van der Waals surface area contributed by atoms with Gasteiger partial charge in [-0.3, -0.25) is 0 Å². The highest BCUT2D eigenvalue weighted by Gasteiger charge is 2.40. The molecule has 0 nitrogen and oxygen atoms in total. The van der Waals surface area contributed by atoms with Crippen molar-refractivity contribution in [3.63, 3.8) is 0 Å². The van der Waals surface area contributed by atoms with Gasteiger partial charge < -0.3 is 0 Å². The van der Waals surface area contributed by atoms with Gasteiger partial charge >= 0.3 is 0 Å². The largest absolute Gasteiger partial charge is 0.0625 e. The fourth-order valence-corrected chi connectivity index (χ4v) is 10.8. The first-order chi connectivity index (χ1) is 25.1. The van der Waals surface area contributed by atoms with Gasteiger partial charge in [0.1, 0.15) is 0 Å². The van der Waals surface area contributed by atoms with Crippen LogP contribution in [0, 0.1) is 118 Å². The molecular weight excluding hydrogens is 649 g/mol. The van der Waals surface area contributed by atoms with Crippen LogP contribution in [0.2, 0.25) is 0 Å². The molecule has 0 saturated heterocycles. The lowest BCUT2D eigenvalue weighted by Crippen LogP contribution is -2.30. The molecule has 0 heterocycles. The second kappa shape index (κ2) is 26.2. The molecule has 0 N–H and O–H groups in total. The Bertz CT molecular complexity index is 817. The Morgan fingerprint density at radius 2 is 0.407 bits per heavy atom. The van der Waals surface area contributed by atoms with Crippen LogP contribution in [-0.4, -0.2) is 0 Å². The molecule has 54 heavy (non-hydrogen) atoms. The van der Waals surface area contributed by atoms with Crippen molar-refractivity contribution in [2.75, 3.05) is 0 Å². The summed E-state index contributed by atoms with van der Waals surface area (Å²) >= 11 is 0. The van der Waals surface area contributed by atoms with E-state index in [-0.39, 0.29) is 0 Å². The molecule has 0 bridgehead atoms. The number of rotatable bonds is 10. The quantitative estimate of drug-likeness (QED) is 0.208. The van der Waals surface area contributed by atoms with Crippen molar-refractivity contribution >= 4 is 0 Å². The predicted molar refractivity (Wildman–Crippen MR) is 248 cm³/mol. The highest BCUT2D eigenvalue weighted by atomic mass is 14.5. The van der Waals surface area contributed by atoms with Gasteiger partial charge in [0, 0.05) is 0 Å². The molecule has 0 spiro atoms. The Hall–Kier alpha value is 0. The summed E-state index contributed by atoms with van der Waals surface area (Å²) in [7, 11) is 0. The van der Waals surface area contributed by atoms with Gasteiger partial charge in [-0.1, -0.05) is 158 Å². The third-order valence-electron chi connectivity index (χ3n) is 16.4. The summed E-state index contributed by atoms with van der Waals surface area (Å²) in [5.74, 6) is 19.6. The fourth-order valence-electron chi connectivity index (χ4n) is 10.8. The maximum Gasteiger partial charge on any atom is -0.0357 e. The molecule has 0 heteroatoms. The second-order valence-electron chi connectivity index (χ2n) is 23.7. The van der Waals surface area contributed by atoms with E-state index in [9.17, 15) is 0 Å². The number of hydrogen-bond donors (Lipinski definition) is 0. The molecule has 5 fully saturated rings. The minimum Gasteiger partial charge on any atom is -0.0625 e. The van der Waals surface area contributed by atoms with Crippen molar-refractivity contribution in [2.45, 2.75) is 228 Å². The Kier molecular flexibility index (Phi) is 25.2. The van der Waals surface area contributed by atoms with Crippen LogP contribution < -0.4 is 0 Å². The van der Waals surface area contributed by atoms with Crippen LogP contribution in [0.4, 0.5) is 0 Å². The zero-order chi connectivity index (χ0) is 41.4. The van der Waals surface area contributed by atoms with Gasteiger partial charge in [0.2, 0.25) is 0 Å². The smallest absolute Gasteiger partial charge is 0.0357 e. The average molecular weight is 757 g/mol. The zero-order valence-corrected chi connectivity index (χ0v) is 41.4. The Morgan fingerprint density at radius 1 is 0.204 bits per heavy atom. The number of hydrogen-bond acceptors (Lipinski definition) is 0. The molecule has 0 aromatic rings. The Morgan fingerprint density at radius 3 is 0.593 bits per heavy atom. The topological polar surface area (TPSA) is 0 Å². The van der Waals surface area contributed by atoms with Crippen LogP contribution in [0.15, 0.2) is 0 Å². The predicted octanol–water partition coefficient (Wildman–Crippen LogP) is 18.2. The first-order valence-electron chi connectivity index (χ1n) is 25.1. The van der Waals surface area contributed by atoms with Crippen LogP contribution in [-0.2, 0) is 0 Å². The van der Waals surface area contributed by atoms with E-state index in [0.29, 0.717) is 0 Å². The van der Waals surface area contributed by atoms with E-state index in [4.69, 9.17) is 0 Å². The lowest BCUT2D eigenvalue weighted by atomic mass is 9.65. The van der Waals surface area contributed by atoms with E-state index in [1.807, 2.05) is 0 Å². The fraction of sp³-hybridized carbons (Fsp3) is 1.00. The van der Waals surface area contributed by atoms with E-state index in [1.165, 1.54) is 89.9 Å². The molecule has 5 rings (SSSR count). The molecule has 0 aliphatic heterocycles. The summed E-state index contributed by atoms with van der Waals surface area (Å²) < 4.78 is 0. The van der Waals surface area contributed by atoms with E-state index in [0.717, 1.165) is 118 Å². The van der Waals surface area contributed by atoms with Gasteiger partial charge in [-0.2, -0.15) is 0 Å². The van der Waals surface area contributed by atoms with E-state index >= 15 is 0 Å². The molecular formula is C54H108. The molecule has 0 amide bonds. The van der Waals surface area contributed by atoms with E-state index in [2.05, 4.69) is 138 Å². The third-order valence-corrected chi connectivity index (χ3v) is 16.4. The molecule has 324 valence electrons. The first kappa shape index (κ1) is 52.0. The van der Waals surface area contributed by atoms with Gasteiger partial charge in [0.05, 0.1) is 0 Å². The van der Waals surface area contributed by atoms with Gasteiger partial charge in [-0.05, 0) is 189 Å². The van der Waals surface area contributed by atoms with Gasteiger partial charge in [0.25, 0.3) is 0 Å². The standard InChI is InChI=1S/2C12H24.C11H22.C10H20.C9H18/c1-9(2)11-5-7-12(8-6-11)10(3)4;1-9(2)11-6-5-7-12(8-11)10(3)4;1-8(2)10-5-6-11(7-10)9(3)4;1-7(2)9-5-10(6-9)8(3)4;1-6(2)8-5-9(8)7(3)4/h2*9-12H,5-8H2,1-4H3;8-11H,5-7H2,1-4H3;7-10H,5-6H2,1-4H3;6-9H,5H2,1-4H3. The lowest BCUT2D eigenvalue weighted by Gasteiger charge is -2.40. The van der Waals surface area contributed by atoms with Gasteiger partial charge in [-0.25, -0.2) is 0 Å². The zero-order valence-electron chi connectivity index (χ0n) is 41.4. The van der Waals surface area contributed by atoms with Crippen molar-refractivity contribution in [1.29, 1.82) is 0 Å². The minimum atomic E-state index is 0.909. The highest BCUT2D eigenvalue weighted by molar-refractivity contribution is 4.90. The molecule has 0 radical (unpaired) electrons. The molecule has 6 atom stereocenters. The average Bonchev–Trinajstić information content (AvgIpc) is 3.73. The van der Waals surface area contributed by atoms with Crippen LogP contribution in [0.5, 0.6) is 0 Å². The van der Waals surface area contributed by atoms with Gasteiger partial charge in [-0.15, -0.1) is 0 Å². The summed E-state index contributed by atoms with van der Waals surface area (Å²) in [5, 5.41) is 0. The monoisotopic (exact) mass is 757 g/mol. The van der Waals surface area contributed by atoms with Crippen LogP contribution >= 0.6 is 0 Å². The summed E-state index contributed by atoms with van der Waals surface area (Å²) in [6.07, 6.45) is 20.8. The van der Waals surface area contributed by atoms with Crippen molar-refractivity contribution in [2.24, 2.45) is 118 Å². The van der Waals surface area contributed by atoms with E-state index < -0.39 is 0 Å². The molecule has 5 saturated carbocycles. The summed E-state index contributed by atoms with van der Waals surface area (Å²) in [6.45, 7) is 47.3. The lowest BCUT2D eigenvalue weighted by molar-refractivity contribution is 0.102. The van der Waals surface area contributed by atoms with Crippen molar-refractivity contribution in [3.05, 3.63) is 0 Å². The minimum absolute atomic E-state index is 0.909. The van der Waals surface area contributed by atoms with Crippen molar-refractivity contribution in [3.8, 4) is 0 Å². The summed E-state index contributed by atoms with van der Waals surface area (Å²) in [4.78, 5) is 0. The maximum atomic E-state index is 2.38. The molecule has 5 aliphatic carbocycles. The molecule has 6 unspecified atom stereocenters. The van der Waals surface area contributed by atoms with Gasteiger partial charge in [0.15, 0.2) is 0 Å². The first-order valence-corrected chi connectivity index (χ1v) is 25.1.